The van der Waals surface area contributed by atoms with Crippen molar-refractivity contribution < 1.29 is 0 Å². The Labute approximate surface area is 95.3 Å². The fourth-order valence-electron chi connectivity index (χ4n) is 1.33. The Balaban J connectivity index is 2.70. The fraction of sp³-hybridized carbons (Fsp3) is 0.300. The molecule has 2 nitrogen and oxygen atoms in total. The van der Waals surface area contributed by atoms with Crippen molar-refractivity contribution in [1.29, 1.82) is 0 Å². The summed E-state index contributed by atoms with van der Waals surface area (Å²) < 4.78 is 2.25. The van der Waals surface area contributed by atoms with Crippen molar-refractivity contribution in [1.82, 2.24) is 4.98 Å². The van der Waals surface area contributed by atoms with Gasteiger partial charge in [-0.15, -0.1) is 11.3 Å². The van der Waals surface area contributed by atoms with E-state index in [1.807, 2.05) is 6.92 Å². The Morgan fingerprint density at radius 2 is 2.21 bits per heavy atom. The van der Waals surface area contributed by atoms with E-state index in [9.17, 15) is 0 Å². The predicted molar refractivity (Wildman–Crippen MR) is 64.7 cm³/mol. The average Bonchev–Trinajstić information content (AvgIpc) is 2.47. The Hall–Kier alpha value is -0.450. The van der Waals surface area contributed by atoms with Crippen LogP contribution in [0.2, 0.25) is 0 Å². The molecule has 0 saturated carbocycles. The van der Waals surface area contributed by atoms with Crippen LogP contribution in [-0.4, -0.2) is 4.98 Å². The average molecular weight is 271 g/mol. The third-order valence-corrected chi connectivity index (χ3v) is 3.81. The lowest BCUT2D eigenvalue weighted by Gasteiger charge is -1.95. The van der Waals surface area contributed by atoms with Crippen molar-refractivity contribution >= 4 is 37.5 Å². The second-order valence-corrected chi connectivity index (χ2v) is 5.35. The predicted octanol–water partition coefficient (Wildman–Crippen LogP) is 3.39. The molecule has 0 spiro atoms. The first-order valence-electron chi connectivity index (χ1n) is 4.40. The highest BCUT2D eigenvalue weighted by Crippen LogP contribution is 2.31. The minimum Gasteiger partial charge on any atom is -0.322 e. The molecule has 0 radical (unpaired) electrons. The van der Waals surface area contributed by atoms with Crippen LogP contribution < -0.4 is 5.73 Å². The summed E-state index contributed by atoms with van der Waals surface area (Å²) >= 11 is 5.18. The molecule has 14 heavy (non-hydrogen) atoms. The van der Waals surface area contributed by atoms with Gasteiger partial charge in [-0.25, -0.2) is 4.98 Å². The molecular weight excluding hydrogens is 260 g/mol. The summed E-state index contributed by atoms with van der Waals surface area (Å²) in [4.78, 5) is 4.50. The SMILES string of the molecule is Cc1cc(Br)c2nc(C(C)N)sc2c1. The second-order valence-electron chi connectivity index (χ2n) is 3.43. The summed E-state index contributed by atoms with van der Waals surface area (Å²) in [5, 5.41) is 0.992. The van der Waals surface area contributed by atoms with Gasteiger partial charge in [0, 0.05) is 4.47 Å². The zero-order valence-corrected chi connectivity index (χ0v) is 10.4. The number of rotatable bonds is 1. The van der Waals surface area contributed by atoms with E-state index in [0.717, 1.165) is 15.0 Å². The van der Waals surface area contributed by atoms with E-state index in [1.54, 1.807) is 11.3 Å². The first kappa shape index (κ1) is 10.1. The van der Waals surface area contributed by atoms with Crippen LogP contribution >= 0.6 is 27.3 Å². The molecular formula is C10H11BrN2S. The highest BCUT2D eigenvalue weighted by molar-refractivity contribution is 9.10. The van der Waals surface area contributed by atoms with Gasteiger partial charge in [-0.05, 0) is 47.5 Å². The maximum atomic E-state index is 5.80. The van der Waals surface area contributed by atoms with Gasteiger partial charge in [-0.1, -0.05) is 0 Å². The highest BCUT2D eigenvalue weighted by atomic mass is 79.9. The van der Waals surface area contributed by atoms with Crippen LogP contribution in [0.5, 0.6) is 0 Å². The highest BCUT2D eigenvalue weighted by Gasteiger charge is 2.10. The van der Waals surface area contributed by atoms with Gasteiger partial charge in [-0.2, -0.15) is 0 Å². The van der Waals surface area contributed by atoms with Gasteiger partial charge in [0.25, 0.3) is 0 Å². The van der Waals surface area contributed by atoms with Crippen molar-refractivity contribution in [3.8, 4) is 0 Å². The van der Waals surface area contributed by atoms with E-state index in [2.05, 4.69) is 40.0 Å². The van der Waals surface area contributed by atoms with E-state index in [4.69, 9.17) is 5.73 Å². The monoisotopic (exact) mass is 270 g/mol. The van der Waals surface area contributed by atoms with Gasteiger partial charge in [0.15, 0.2) is 0 Å². The number of nitrogens with two attached hydrogens (primary N) is 1. The van der Waals surface area contributed by atoms with Crippen LogP contribution in [0.15, 0.2) is 16.6 Å². The molecule has 1 unspecified atom stereocenters. The standard InChI is InChI=1S/C10H11BrN2S/c1-5-3-7(11)9-8(4-5)14-10(13-9)6(2)12/h3-4,6H,12H2,1-2H3. The summed E-state index contributed by atoms with van der Waals surface area (Å²) in [5.74, 6) is 0. The molecule has 0 saturated heterocycles. The Kier molecular flexibility index (Phi) is 2.60. The van der Waals surface area contributed by atoms with Gasteiger partial charge in [-0.3, -0.25) is 0 Å². The molecule has 1 aromatic carbocycles. The van der Waals surface area contributed by atoms with Crippen molar-refractivity contribution in [2.24, 2.45) is 5.73 Å². The largest absolute Gasteiger partial charge is 0.322 e. The van der Waals surface area contributed by atoms with Crippen molar-refractivity contribution in [2.75, 3.05) is 0 Å². The number of hydrogen-bond donors (Lipinski definition) is 1. The molecule has 0 fully saturated rings. The molecule has 74 valence electrons. The normalized spacial score (nSPS) is 13.4. The minimum absolute atomic E-state index is 0.0135. The van der Waals surface area contributed by atoms with E-state index in [0.29, 0.717) is 0 Å². The zero-order chi connectivity index (χ0) is 10.3. The van der Waals surface area contributed by atoms with Crippen molar-refractivity contribution in [3.05, 3.63) is 27.2 Å². The quantitative estimate of drug-likeness (QED) is 0.863. The van der Waals surface area contributed by atoms with Crippen LogP contribution in [0.1, 0.15) is 23.5 Å². The van der Waals surface area contributed by atoms with E-state index >= 15 is 0 Å². The first-order valence-corrected chi connectivity index (χ1v) is 6.01. The Morgan fingerprint density at radius 3 is 2.86 bits per heavy atom. The molecule has 0 aliphatic heterocycles. The number of thiazole rings is 1. The lowest BCUT2D eigenvalue weighted by molar-refractivity contribution is 0.810. The number of fused-ring (bicyclic) bond motifs is 1. The fourth-order valence-corrected chi connectivity index (χ4v) is 3.17. The number of benzene rings is 1. The summed E-state index contributed by atoms with van der Waals surface area (Å²) in [6.07, 6.45) is 0. The molecule has 2 aromatic rings. The third kappa shape index (κ3) is 1.69. The summed E-state index contributed by atoms with van der Waals surface area (Å²) in [7, 11) is 0. The molecule has 1 aromatic heterocycles. The zero-order valence-electron chi connectivity index (χ0n) is 8.04. The minimum atomic E-state index is 0.0135. The van der Waals surface area contributed by atoms with Gasteiger partial charge < -0.3 is 5.73 Å². The molecule has 1 atom stereocenters. The maximum absolute atomic E-state index is 5.80. The first-order chi connectivity index (χ1) is 6.58. The lowest BCUT2D eigenvalue weighted by Crippen LogP contribution is -2.03. The maximum Gasteiger partial charge on any atom is 0.110 e. The molecule has 2 N–H and O–H groups in total. The van der Waals surface area contributed by atoms with Gasteiger partial charge >= 0.3 is 0 Å². The molecule has 2 rings (SSSR count). The number of aryl methyl sites for hydroxylation is 1. The second kappa shape index (κ2) is 3.61. The molecule has 0 aliphatic rings. The topological polar surface area (TPSA) is 38.9 Å². The molecule has 4 heteroatoms. The van der Waals surface area contributed by atoms with E-state index < -0.39 is 0 Å². The molecule has 0 bridgehead atoms. The lowest BCUT2D eigenvalue weighted by atomic mass is 10.2. The van der Waals surface area contributed by atoms with Crippen LogP contribution in [0.4, 0.5) is 0 Å². The number of halogens is 1. The van der Waals surface area contributed by atoms with Gasteiger partial charge in [0.2, 0.25) is 0 Å². The number of hydrogen-bond acceptors (Lipinski definition) is 3. The summed E-state index contributed by atoms with van der Waals surface area (Å²) in [6.45, 7) is 4.04. The van der Waals surface area contributed by atoms with E-state index in [1.165, 1.54) is 10.3 Å². The summed E-state index contributed by atoms with van der Waals surface area (Å²) in [6, 6.07) is 4.23. The molecule has 1 heterocycles. The number of nitrogens with zero attached hydrogens (tertiary/aromatic N) is 1. The molecule has 0 aliphatic carbocycles. The van der Waals surface area contributed by atoms with Crippen LogP contribution in [-0.2, 0) is 0 Å². The Morgan fingerprint density at radius 1 is 1.50 bits per heavy atom. The van der Waals surface area contributed by atoms with Crippen LogP contribution in [0.25, 0.3) is 10.2 Å². The smallest absolute Gasteiger partial charge is 0.110 e. The number of aromatic nitrogens is 1. The van der Waals surface area contributed by atoms with E-state index in [-0.39, 0.29) is 6.04 Å². The van der Waals surface area contributed by atoms with Gasteiger partial charge in [0.05, 0.1) is 16.3 Å². The van der Waals surface area contributed by atoms with Gasteiger partial charge in [0.1, 0.15) is 5.01 Å². The van der Waals surface area contributed by atoms with Crippen molar-refractivity contribution in [2.45, 2.75) is 19.9 Å². The Bertz CT molecular complexity index is 476. The third-order valence-electron chi connectivity index (χ3n) is 2.00. The summed E-state index contributed by atoms with van der Waals surface area (Å²) in [5.41, 5.74) is 8.06. The molecule has 0 amide bonds. The van der Waals surface area contributed by atoms with Crippen LogP contribution in [0.3, 0.4) is 0 Å². The van der Waals surface area contributed by atoms with Crippen molar-refractivity contribution in [3.63, 3.8) is 0 Å². The van der Waals surface area contributed by atoms with Crippen LogP contribution in [0, 0.1) is 6.92 Å².